The van der Waals surface area contributed by atoms with Gasteiger partial charge in [0.15, 0.2) is 5.96 Å². The highest BCUT2D eigenvalue weighted by Gasteiger charge is 2.39. The number of piperidine rings is 1. The zero-order chi connectivity index (χ0) is 22.5. The first-order valence-corrected chi connectivity index (χ1v) is 12.3. The molecule has 0 bridgehead atoms. The first-order chi connectivity index (χ1) is 15.5. The zero-order valence-electron chi connectivity index (χ0n) is 20.4. The molecule has 2 saturated heterocycles. The summed E-state index contributed by atoms with van der Waals surface area (Å²) in [5, 5.41) is 7.32. The summed E-state index contributed by atoms with van der Waals surface area (Å²) in [5.74, 6) is 0.833. The third kappa shape index (κ3) is 7.82. The third-order valence-corrected chi connectivity index (χ3v) is 7.03. The lowest BCUT2D eigenvalue weighted by atomic mass is 10.0. The van der Waals surface area contributed by atoms with Crippen molar-refractivity contribution in [2.24, 2.45) is 4.99 Å². The summed E-state index contributed by atoms with van der Waals surface area (Å²) in [6.45, 7) is 6.76. The van der Waals surface area contributed by atoms with Crippen LogP contribution in [0.2, 0.25) is 0 Å². The first kappa shape index (κ1) is 26.2. The van der Waals surface area contributed by atoms with Gasteiger partial charge < -0.3 is 15.5 Å². The molecule has 3 aliphatic rings. The number of hydrogen-bond acceptors (Lipinski definition) is 4. The second-order valence-corrected chi connectivity index (χ2v) is 9.99. The molecule has 4 rings (SSSR count). The van der Waals surface area contributed by atoms with E-state index in [1.165, 1.54) is 18.4 Å². The van der Waals surface area contributed by atoms with Gasteiger partial charge in [-0.2, -0.15) is 0 Å². The van der Waals surface area contributed by atoms with E-state index in [1.807, 2.05) is 0 Å². The molecule has 1 aromatic carbocycles. The Morgan fingerprint density at radius 2 is 1.73 bits per heavy atom. The second-order valence-electron chi connectivity index (χ2n) is 9.99. The van der Waals surface area contributed by atoms with Crippen molar-refractivity contribution in [3.8, 4) is 0 Å². The highest BCUT2D eigenvalue weighted by atomic mass is 127. The molecule has 2 aliphatic heterocycles. The van der Waals surface area contributed by atoms with Gasteiger partial charge in [-0.3, -0.25) is 14.6 Å². The first-order valence-electron chi connectivity index (χ1n) is 12.3. The van der Waals surface area contributed by atoms with Gasteiger partial charge in [0.1, 0.15) is 6.54 Å². The summed E-state index contributed by atoms with van der Waals surface area (Å²) in [4.78, 5) is 23.6. The van der Waals surface area contributed by atoms with Crippen LogP contribution < -0.4 is 10.6 Å². The Hall–Kier alpha value is -1.39. The second kappa shape index (κ2) is 12.4. The van der Waals surface area contributed by atoms with Crippen LogP contribution in [0.5, 0.6) is 0 Å². The van der Waals surface area contributed by atoms with Crippen molar-refractivity contribution in [3.63, 3.8) is 0 Å². The van der Waals surface area contributed by atoms with Gasteiger partial charge in [0.25, 0.3) is 0 Å². The predicted molar refractivity (Wildman–Crippen MR) is 145 cm³/mol. The molecule has 0 radical (unpaired) electrons. The number of carbonyl (C=O) groups is 1. The molecule has 1 aromatic rings. The summed E-state index contributed by atoms with van der Waals surface area (Å²) >= 11 is 0. The van der Waals surface area contributed by atoms with Crippen LogP contribution in [0.15, 0.2) is 35.3 Å². The lowest BCUT2D eigenvalue weighted by Crippen LogP contribution is -2.51. The molecule has 3 fully saturated rings. The lowest BCUT2D eigenvalue weighted by Gasteiger charge is -2.33. The predicted octanol–water partition coefficient (Wildman–Crippen LogP) is 2.52. The third-order valence-electron chi connectivity index (χ3n) is 7.03. The molecule has 1 saturated carbocycles. The van der Waals surface area contributed by atoms with Gasteiger partial charge in [-0.1, -0.05) is 30.3 Å². The van der Waals surface area contributed by atoms with E-state index in [2.05, 4.69) is 62.7 Å². The zero-order valence-corrected chi connectivity index (χ0v) is 22.7. The van der Waals surface area contributed by atoms with Gasteiger partial charge in [0, 0.05) is 64.4 Å². The van der Waals surface area contributed by atoms with E-state index < -0.39 is 0 Å². The minimum absolute atomic E-state index is 0. The van der Waals surface area contributed by atoms with Crippen LogP contribution in [-0.2, 0) is 11.3 Å². The molecule has 0 aromatic heterocycles. The van der Waals surface area contributed by atoms with Crippen LogP contribution in [0.4, 0.5) is 0 Å². The van der Waals surface area contributed by atoms with E-state index in [0.29, 0.717) is 18.1 Å². The number of guanidine groups is 1. The SMILES string of the molecule is CC1CC(NC(=NCC(=O)N(C)C)NC2CCN(Cc3ccccc3)CC2)CN1C1CC1.I. The maximum absolute atomic E-state index is 12.1. The molecule has 2 heterocycles. The smallest absolute Gasteiger partial charge is 0.243 e. The quantitative estimate of drug-likeness (QED) is 0.301. The van der Waals surface area contributed by atoms with Gasteiger partial charge >= 0.3 is 0 Å². The van der Waals surface area contributed by atoms with Crippen LogP contribution in [0.1, 0.15) is 44.6 Å². The molecule has 7 nitrogen and oxygen atoms in total. The number of aliphatic imine (C=N–C) groups is 1. The van der Waals surface area contributed by atoms with Crippen molar-refractivity contribution in [2.75, 3.05) is 40.3 Å². The van der Waals surface area contributed by atoms with E-state index in [9.17, 15) is 4.79 Å². The van der Waals surface area contributed by atoms with Gasteiger partial charge in [-0.15, -0.1) is 24.0 Å². The number of benzene rings is 1. The van der Waals surface area contributed by atoms with Crippen molar-refractivity contribution in [3.05, 3.63) is 35.9 Å². The van der Waals surface area contributed by atoms with Crippen molar-refractivity contribution >= 4 is 35.8 Å². The number of likely N-dealkylation sites (N-methyl/N-ethyl adjacent to an activating group) is 1. The van der Waals surface area contributed by atoms with Crippen LogP contribution in [0, 0.1) is 0 Å². The van der Waals surface area contributed by atoms with E-state index in [1.54, 1.807) is 19.0 Å². The van der Waals surface area contributed by atoms with Crippen LogP contribution in [-0.4, -0.2) is 91.0 Å². The standard InChI is InChI=1S/C25H40N6O.HI/c1-19-15-22(18-31(19)23-9-10-23)28-25(26-16-24(32)29(2)3)27-21-11-13-30(14-12-21)17-20-7-5-4-6-8-20;/h4-8,19,21-23H,9-18H2,1-3H3,(H2,26,27,28);1H. The normalized spacial score (nSPS) is 24.9. The molecule has 2 atom stereocenters. The minimum Gasteiger partial charge on any atom is -0.354 e. The summed E-state index contributed by atoms with van der Waals surface area (Å²) in [7, 11) is 3.57. The molecular formula is C25H41IN6O. The van der Waals surface area contributed by atoms with Gasteiger partial charge in [-0.25, -0.2) is 4.99 Å². The fourth-order valence-electron chi connectivity index (χ4n) is 4.96. The average Bonchev–Trinajstić information content (AvgIpc) is 3.56. The number of likely N-dealkylation sites (tertiary alicyclic amines) is 2. The number of nitrogens with zero attached hydrogens (tertiary/aromatic N) is 4. The molecule has 184 valence electrons. The Bertz CT molecular complexity index is 776. The summed E-state index contributed by atoms with van der Waals surface area (Å²) in [6, 6.07) is 12.9. The Balaban J connectivity index is 0.00000306. The van der Waals surface area contributed by atoms with Gasteiger partial charge in [0.2, 0.25) is 5.91 Å². The molecule has 1 amide bonds. The number of hydrogen-bond donors (Lipinski definition) is 2. The maximum atomic E-state index is 12.1. The Morgan fingerprint density at radius 1 is 1.06 bits per heavy atom. The number of carbonyl (C=O) groups excluding carboxylic acids is 1. The fraction of sp³-hybridized carbons (Fsp3) is 0.680. The summed E-state index contributed by atoms with van der Waals surface area (Å²) in [6.07, 6.45) is 5.99. The molecule has 8 heteroatoms. The van der Waals surface area contributed by atoms with E-state index in [0.717, 1.165) is 57.4 Å². The highest BCUT2D eigenvalue weighted by molar-refractivity contribution is 14.0. The number of rotatable bonds is 7. The van der Waals surface area contributed by atoms with Crippen LogP contribution in [0.25, 0.3) is 0 Å². The van der Waals surface area contributed by atoms with Crippen molar-refractivity contribution in [2.45, 2.75) is 69.7 Å². The van der Waals surface area contributed by atoms with Gasteiger partial charge in [0.05, 0.1) is 0 Å². The number of halogens is 1. The van der Waals surface area contributed by atoms with Crippen molar-refractivity contribution < 1.29 is 4.79 Å². The van der Waals surface area contributed by atoms with Crippen LogP contribution in [0.3, 0.4) is 0 Å². The van der Waals surface area contributed by atoms with E-state index >= 15 is 0 Å². The average molecular weight is 569 g/mol. The molecule has 1 aliphatic carbocycles. The lowest BCUT2D eigenvalue weighted by molar-refractivity contribution is -0.127. The Labute approximate surface area is 216 Å². The van der Waals surface area contributed by atoms with E-state index in [-0.39, 0.29) is 36.4 Å². The molecular weight excluding hydrogens is 527 g/mol. The molecule has 33 heavy (non-hydrogen) atoms. The fourth-order valence-corrected chi connectivity index (χ4v) is 4.96. The van der Waals surface area contributed by atoms with E-state index in [4.69, 9.17) is 0 Å². The van der Waals surface area contributed by atoms with Crippen molar-refractivity contribution in [1.82, 2.24) is 25.3 Å². The maximum Gasteiger partial charge on any atom is 0.243 e. The Kier molecular flexibility index (Phi) is 9.81. The molecule has 2 unspecified atom stereocenters. The van der Waals surface area contributed by atoms with Crippen LogP contribution >= 0.6 is 24.0 Å². The minimum atomic E-state index is 0. The topological polar surface area (TPSA) is 63.2 Å². The van der Waals surface area contributed by atoms with Gasteiger partial charge in [-0.05, 0) is 44.6 Å². The molecule has 2 N–H and O–H groups in total. The number of amides is 1. The molecule has 0 spiro atoms. The van der Waals surface area contributed by atoms with Crippen molar-refractivity contribution in [1.29, 1.82) is 0 Å². The summed E-state index contributed by atoms with van der Waals surface area (Å²) in [5.41, 5.74) is 1.38. The Morgan fingerprint density at radius 3 is 2.36 bits per heavy atom. The summed E-state index contributed by atoms with van der Waals surface area (Å²) < 4.78 is 0. The monoisotopic (exact) mass is 568 g/mol. The number of nitrogens with one attached hydrogen (secondary N) is 2. The highest BCUT2D eigenvalue weighted by Crippen LogP contribution is 2.33. The largest absolute Gasteiger partial charge is 0.354 e.